The molecule has 10 heteroatoms. The molecule has 0 saturated heterocycles. The van der Waals surface area contributed by atoms with E-state index in [-0.39, 0.29) is 18.0 Å². The molecule has 4 rings (SSSR count). The Kier molecular flexibility index (Phi) is 11.3. The first kappa shape index (κ1) is 32.6. The summed E-state index contributed by atoms with van der Waals surface area (Å²) in [5, 5.41) is 6.19. The molecule has 1 aromatic heterocycles. The SMILES string of the molecule is CCN(c1cc(Cl)cc(C(=O)NCc2c(C)n(C)[nH]c2=O)c1C)[C@H]1CC[C@H](N(C)Cc2cccc(OCCOC)c2)CC1. The number of anilines is 1. The van der Waals surface area contributed by atoms with Gasteiger partial charge in [-0.2, -0.15) is 0 Å². The number of hydrogen-bond acceptors (Lipinski definition) is 6. The molecule has 9 nitrogen and oxygen atoms in total. The van der Waals surface area contributed by atoms with E-state index in [9.17, 15) is 9.59 Å². The lowest BCUT2D eigenvalue weighted by atomic mass is 9.88. The van der Waals surface area contributed by atoms with Gasteiger partial charge in [0.25, 0.3) is 11.5 Å². The zero-order chi connectivity index (χ0) is 31.1. The second kappa shape index (κ2) is 14.9. The third kappa shape index (κ3) is 8.02. The van der Waals surface area contributed by atoms with Crippen molar-refractivity contribution < 1.29 is 14.3 Å². The van der Waals surface area contributed by atoms with Crippen molar-refractivity contribution in [3.63, 3.8) is 0 Å². The first-order valence-corrected chi connectivity index (χ1v) is 15.5. The molecule has 1 saturated carbocycles. The van der Waals surface area contributed by atoms with Crippen molar-refractivity contribution in [1.29, 1.82) is 0 Å². The molecule has 3 aromatic rings. The average molecular weight is 612 g/mol. The van der Waals surface area contributed by atoms with E-state index in [4.69, 9.17) is 21.1 Å². The zero-order valence-electron chi connectivity index (χ0n) is 26.3. The Morgan fingerprint density at radius 2 is 1.84 bits per heavy atom. The van der Waals surface area contributed by atoms with Gasteiger partial charge in [-0.05, 0) is 88.9 Å². The van der Waals surface area contributed by atoms with Crippen molar-refractivity contribution in [1.82, 2.24) is 20.0 Å². The summed E-state index contributed by atoms with van der Waals surface area (Å²) in [6, 6.07) is 12.9. The van der Waals surface area contributed by atoms with Gasteiger partial charge in [0.15, 0.2) is 0 Å². The average Bonchev–Trinajstić information content (AvgIpc) is 3.24. The summed E-state index contributed by atoms with van der Waals surface area (Å²) < 4.78 is 12.5. The first-order chi connectivity index (χ1) is 20.6. The largest absolute Gasteiger partial charge is 0.491 e. The molecule has 43 heavy (non-hydrogen) atoms. The molecule has 0 radical (unpaired) electrons. The molecule has 234 valence electrons. The van der Waals surface area contributed by atoms with Crippen molar-refractivity contribution in [2.45, 2.75) is 71.6 Å². The predicted molar refractivity (Wildman–Crippen MR) is 172 cm³/mol. The number of aryl methyl sites for hydroxylation is 1. The molecule has 0 atom stereocenters. The van der Waals surface area contributed by atoms with Gasteiger partial charge < -0.3 is 19.7 Å². The minimum atomic E-state index is -0.238. The second-order valence-electron chi connectivity index (χ2n) is 11.5. The van der Waals surface area contributed by atoms with Gasteiger partial charge in [-0.1, -0.05) is 23.7 Å². The number of H-pyrrole nitrogens is 1. The predicted octanol–water partition coefficient (Wildman–Crippen LogP) is 5.21. The van der Waals surface area contributed by atoms with E-state index in [1.165, 1.54) is 5.56 Å². The molecule has 0 aliphatic heterocycles. The summed E-state index contributed by atoms with van der Waals surface area (Å²) in [5.41, 5.74) is 4.83. The Bertz CT molecular complexity index is 1440. The van der Waals surface area contributed by atoms with Crippen molar-refractivity contribution in [2.75, 3.05) is 38.8 Å². The number of rotatable bonds is 13. The van der Waals surface area contributed by atoms with Crippen LogP contribution in [0.2, 0.25) is 5.02 Å². The van der Waals surface area contributed by atoms with Crippen LogP contribution < -0.4 is 20.5 Å². The highest BCUT2D eigenvalue weighted by molar-refractivity contribution is 6.31. The number of nitrogens with zero attached hydrogens (tertiary/aromatic N) is 3. The molecule has 1 aliphatic rings. The molecule has 0 unspecified atom stereocenters. The molecule has 1 amide bonds. The summed E-state index contributed by atoms with van der Waals surface area (Å²) in [4.78, 5) is 30.4. The van der Waals surface area contributed by atoms with Gasteiger partial charge in [-0.15, -0.1) is 0 Å². The highest BCUT2D eigenvalue weighted by Gasteiger charge is 2.29. The van der Waals surface area contributed by atoms with E-state index in [0.29, 0.717) is 41.4 Å². The van der Waals surface area contributed by atoms with E-state index in [1.807, 2.05) is 32.0 Å². The third-order valence-corrected chi connectivity index (χ3v) is 8.98. The summed E-state index contributed by atoms with van der Waals surface area (Å²) >= 11 is 6.58. The van der Waals surface area contributed by atoms with Gasteiger partial charge in [0.1, 0.15) is 12.4 Å². The number of ether oxygens (including phenoxy) is 2. The zero-order valence-corrected chi connectivity index (χ0v) is 27.1. The number of nitrogens with one attached hydrogen (secondary N) is 2. The topological polar surface area (TPSA) is 91.8 Å². The van der Waals surface area contributed by atoms with Crippen LogP contribution in [0.25, 0.3) is 0 Å². The summed E-state index contributed by atoms with van der Waals surface area (Å²) in [6.45, 7) is 8.95. The number of hydrogen-bond donors (Lipinski definition) is 2. The van der Waals surface area contributed by atoms with Crippen LogP contribution in [-0.2, 0) is 24.9 Å². The highest BCUT2D eigenvalue weighted by Crippen LogP contribution is 2.34. The molecular weight excluding hydrogens is 566 g/mol. The van der Waals surface area contributed by atoms with Gasteiger partial charge in [0.2, 0.25) is 0 Å². The lowest BCUT2D eigenvalue weighted by molar-refractivity contribution is 0.0950. The van der Waals surface area contributed by atoms with Crippen LogP contribution in [0.1, 0.15) is 65.3 Å². The van der Waals surface area contributed by atoms with Crippen LogP contribution >= 0.6 is 11.6 Å². The van der Waals surface area contributed by atoms with Crippen LogP contribution in [0.5, 0.6) is 5.75 Å². The van der Waals surface area contributed by atoms with Gasteiger partial charge >= 0.3 is 0 Å². The summed E-state index contributed by atoms with van der Waals surface area (Å²) in [6.07, 6.45) is 4.32. The quantitative estimate of drug-likeness (QED) is 0.258. The molecule has 1 fully saturated rings. The van der Waals surface area contributed by atoms with Crippen molar-refractivity contribution in [3.05, 3.63) is 79.7 Å². The minimum Gasteiger partial charge on any atom is -0.491 e. The number of aromatic amines is 1. The minimum absolute atomic E-state index is 0.155. The Morgan fingerprint density at radius 3 is 2.49 bits per heavy atom. The molecular formula is C33H46ClN5O4. The second-order valence-corrected chi connectivity index (χ2v) is 11.9. The van der Waals surface area contributed by atoms with E-state index in [2.05, 4.69) is 46.3 Å². The van der Waals surface area contributed by atoms with E-state index >= 15 is 0 Å². The molecule has 0 bridgehead atoms. The summed E-state index contributed by atoms with van der Waals surface area (Å²) in [7, 11) is 5.66. The Hall–Kier alpha value is -3.27. The van der Waals surface area contributed by atoms with E-state index in [1.54, 1.807) is 24.9 Å². The van der Waals surface area contributed by atoms with E-state index < -0.39 is 0 Å². The van der Waals surface area contributed by atoms with Crippen LogP contribution in [0, 0.1) is 13.8 Å². The monoisotopic (exact) mass is 611 g/mol. The fraction of sp³-hybridized carbons (Fsp3) is 0.515. The van der Waals surface area contributed by atoms with Crippen molar-refractivity contribution >= 4 is 23.2 Å². The third-order valence-electron chi connectivity index (χ3n) is 8.77. The summed E-state index contributed by atoms with van der Waals surface area (Å²) in [5.74, 6) is 0.637. The van der Waals surface area contributed by atoms with Crippen LogP contribution in [-0.4, -0.2) is 66.6 Å². The fourth-order valence-corrected chi connectivity index (χ4v) is 6.38. The molecule has 2 aromatic carbocycles. The highest BCUT2D eigenvalue weighted by atomic mass is 35.5. The molecule has 0 spiro atoms. The maximum atomic E-state index is 13.3. The normalized spacial score (nSPS) is 16.8. The first-order valence-electron chi connectivity index (χ1n) is 15.1. The Labute approximate surface area is 260 Å². The molecule has 1 heterocycles. The van der Waals surface area contributed by atoms with Crippen molar-refractivity contribution in [2.24, 2.45) is 7.05 Å². The number of amides is 1. The Balaban J connectivity index is 1.39. The molecule has 2 N–H and O–H groups in total. The van der Waals surface area contributed by atoms with Crippen LogP contribution in [0.3, 0.4) is 0 Å². The van der Waals surface area contributed by atoms with Crippen LogP contribution in [0.15, 0.2) is 41.2 Å². The fourth-order valence-electron chi connectivity index (χ4n) is 6.17. The smallest absolute Gasteiger partial charge is 0.269 e. The van der Waals surface area contributed by atoms with Gasteiger partial charge in [-0.3, -0.25) is 24.3 Å². The lowest BCUT2D eigenvalue weighted by Gasteiger charge is -2.41. The number of carbonyl (C=O) groups is 1. The van der Waals surface area contributed by atoms with Crippen molar-refractivity contribution in [3.8, 4) is 5.75 Å². The maximum Gasteiger partial charge on any atom is 0.269 e. The number of carbonyl (C=O) groups excluding carboxylic acids is 1. The molecule has 1 aliphatic carbocycles. The lowest BCUT2D eigenvalue weighted by Crippen LogP contribution is -2.43. The van der Waals surface area contributed by atoms with Gasteiger partial charge in [-0.25, -0.2) is 0 Å². The van der Waals surface area contributed by atoms with Crippen LogP contribution in [0.4, 0.5) is 5.69 Å². The number of benzene rings is 2. The number of halogens is 1. The van der Waals surface area contributed by atoms with E-state index in [0.717, 1.165) is 61.5 Å². The Morgan fingerprint density at radius 1 is 1.12 bits per heavy atom. The number of methoxy groups -OCH3 is 1. The number of aromatic nitrogens is 2. The van der Waals surface area contributed by atoms with Gasteiger partial charge in [0.05, 0.1) is 18.7 Å². The standard InChI is InChI=1S/C33H46ClN5O4/c1-7-39(27-13-11-26(12-14-27)37(4)21-24-9-8-10-28(17-24)43-16-15-42-6)31-19-25(34)18-29(22(31)2)32(40)35-20-30-23(3)38(5)36-33(30)41/h8-10,17-19,26-27H,7,11-16,20-21H2,1-6H3,(H,35,40)(H,36,41)/t26-,27-. The maximum absolute atomic E-state index is 13.3. The van der Waals surface area contributed by atoms with Gasteiger partial charge in [0, 0.05) is 61.3 Å².